The number of amides is 1. The Hall–Kier alpha value is -3.70. The fourth-order valence-corrected chi connectivity index (χ4v) is 5.65. The number of nitrogens with zero attached hydrogens (tertiary/aromatic N) is 6. The molecule has 1 saturated heterocycles. The molecule has 37 heavy (non-hydrogen) atoms. The molecule has 1 aliphatic rings. The summed E-state index contributed by atoms with van der Waals surface area (Å²) in [4.78, 5) is 26.9. The molecule has 4 heterocycles. The maximum atomic E-state index is 13.4. The van der Waals surface area contributed by atoms with Gasteiger partial charge in [-0.1, -0.05) is 6.92 Å². The highest BCUT2D eigenvalue weighted by atomic mass is 32.1. The number of aliphatic hydroxyl groups excluding tert-OH is 1. The van der Waals surface area contributed by atoms with Gasteiger partial charge in [0.05, 0.1) is 23.1 Å². The first kappa shape index (κ1) is 25.0. The maximum absolute atomic E-state index is 13.4. The van der Waals surface area contributed by atoms with Crippen molar-refractivity contribution in [2.24, 2.45) is 0 Å². The molecule has 1 fully saturated rings. The zero-order chi connectivity index (χ0) is 26.1. The number of rotatable bonds is 7. The van der Waals surface area contributed by atoms with E-state index in [1.165, 1.54) is 28.4 Å². The van der Waals surface area contributed by atoms with Gasteiger partial charge in [0.1, 0.15) is 17.3 Å². The lowest BCUT2D eigenvalue weighted by Crippen LogP contribution is -2.55. The van der Waals surface area contributed by atoms with E-state index in [9.17, 15) is 19.4 Å². The van der Waals surface area contributed by atoms with Crippen LogP contribution >= 0.6 is 11.3 Å². The molecule has 0 saturated carbocycles. The number of hydrogen-bond acceptors (Lipinski definition) is 7. The number of aryl methyl sites for hydroxylation is 1. The minimum absolute atomic E-state index is 0.0641. The van der Waals surface area contributed by atoms with E-state index < -0.39 is 6.09 Å². The van der Waals surface area contributed by atoms with Gasteiger partial charge in [-0.05, 0) is 49.2 Å². The van der Waals surface area contributed by atoms with Crippen molar-refractivity contribution in [3.8, 4) is 11.3 Å². The largest absolute Gasteiger partial charge is 0.465 e. The Morgan fingerprint density at radius 2 is 1.97 bits per heavy atom. The Morgan fingerprint density at radius 1 is 1.19 bits per heavy atom. The van der Waals surface area contributed by atoms with Crippen LogP contribution in [0.5, 0.6) is 0 Å². The molecule has 0 radical (unpaired) electrons. The zero-order valence-corrected chi connectivity index (χ0v) is 21.5. The molecule has 0 spiro atoms. The number of piperazine rings is 1. The van der Waals surface area contributed by atoms with Crippen molar-refractivity contribution in [2.75, 3.05) is 43.1 Å². The second-order valence-corrected chi connectivity index (χ2v) is 9.86. The molecule has 3 aromatic heterocycles. The Bertz CT molecular complexity index is 1410. The lowest BCUT2D eigenvalue weighted by molar-refractivity contribution is 0.107. The lowest BCUT2D eigenvalue weighted by Gasteiger charge is -2.41. The third kappa shape index (κ3) is 4.84. The molecule has 0 bridgehead atoms. The summed E-state index contributed by atoms with van der Waals surface area (Å²) in [5.74, 6) is 0.632. The highest BCUT2D eigenvalue weighted by Crippen LogP contribution is 2.34. The minimum Gasteiger partial charge on any atom is -0.465 e. The number of aliphatic hydroxyl groups is 1. The summed E-state index contributed by atoms with van der Waals surface area (Å²) in [7, 11) is 1.96. The fourth-order valence-electron chi connectivity index (χ4n) is 4.85. The second-order valence-electron chi connectivity index (χ2n) is 9.02. The van der Waals surface area contributed by atoms with Gasteiger partial charge in [-0.3, -0.25) is 4.40 Å². The van der Waals surface area contributed by atoms with Crippen molar-refractivity contribution < 1.29 is 19.4 Å². The molecule has 2 N–H and O–H groups in total. The minimum atomic E-state index is -0.955. The molecule has 1 aliphatic heterocycles. The van der Waals surface area contributed by atoms with Crippen LogP contribution in [-0.2, 0) is 6.42 Å². The van der Waals surface area contributed by atoms with Crippen LogP contribution in [0, 0.1) is 5.82 Å². The molecule has 1 aromatic carbocycles. The summed E-state index contributed by atoms with van der Waals surface area (Å²) < 4.78 is 15.4. The fraction of sp³-hybridized carbons (Fsp3) is 0.346. The third-order valence-corrected chi connectivity index (χ3v) is 7.69. The smallest absolute Gasteiger partial charge is 0.407 e. The van der Waals surface area contributed by atoms with Crippen molar-refractivity contribution >= 4 is 39.7 Å². The summed E-state index contributed by atoms with van der Waals surface area (Å²) in [5, 5.41) is 21.8. The van der Waals surface area contributed by atoms with Gasteiger partial charge in [-0.25, -0.2) is 19.2 Å². The number of halogens is 1. The van der Waals surface area contributed by atoms with E-state index in [0.717, 1.165) is 45.7 Å². The average molecular weight is 525 g/mol. The van der Waals surface area contributed by atoms with Gasteiger partial charge in [0.25, 0.3) is 0 Å². The quantitative estimate of drug-likeness (QED) is 0.368. The summed E-state index contributed by atoms with van der Waals surface area (Å²) in [6, 6.07) is 10.0. The van der Waals surface area contributed by atoms with Crippen LogP contribution in [0.25, 0.3) is 16.9 Å². The number of anilines is 3. The molecule has 4 aromatic rings. The van der Waals surface area contributed by atoms with Crippen molar-refractivity contribution in [3.63, 3.8) is 0 Å². The molecular formula is C26H29FN6O3S. The van der Waals surface area contributed by atoms with E-state index >= 15 is 0 Å². The SMILES string of the molecule is CCc1nc2ccc(N3CCN(C(=O)O)C(CCO)C3)cn2c1N(C)c1nc(-c2ccc(F)cc2)cs1. The van der Waals surface area contributed by atoms with E-state index in [4.69, 9.17) is 9.97 Å². The number of hydrogen-bond donors (Lipinski definition) is 2. The van der Waals surface area contributed by atoms with E-state index in [-0.39, 0.29) is 18.5 Å². The van der Waals surface area contributed by atoms with Gasteiger partial charge in [0, 0.05) is 50.4 Å². The number of carboxylic acid groups (broad SMARTS) is 1. The van der Waals surface area contributed by atoms with Crippen LogP contribution < -0.4 is 9.80 Å². The Morgan fingerprint density at radius 3 is 2.68 bits per heavy atom. The highest BCUT2D eigenvalue weighted by Gasteiger charge is 2.30. The number of thiazole rings is 1. The van der Waals surface area contributed by atoms with Gasteiger partial charge in [0.2, 0.25) is 0 Å². The van der Waals surface area contributed by atoms with Gasteiger partial charge in [-0.2, -0.15) is 0 Å². The van der Waals surface area contributed by atoms with E-state index in [0.29, 0.717) is 26.1 Å². The third-order valence-electron chi connectivity index (χ3n) is 6.77. The first-order valence-corrected chi connectivity index (χ1v) is 13.1. The molecule has 5 rings (SSSR count). The molecule has 194 valence electrons. The molecule has 11 heteroatoms. The van der Waals surface area contributed by atoms with Crippen LogP contribution in [0.15, 0.2) is 48.0 Å². The van der Waals surface area contributed by atoms with Crippen molar-refractivity contribution in [3.05, 3.63) is 59.5 Å². The summed E-state index contributed by atoms with van der Waals surface area (Å²) in [5.41, 5.74) is 4.35. The monoisotopic (exact) mass is 524 g/mol. The van der Waals surface area contributed by atoms with Gasteiger partial charge < -0.3 is 24.9 Å². The van der Waals surface area contributed by atoms with Gasteiger partial charge in [0.15, 0.2) is 5.13 Å². The van der Waals surface area contributed by atoms with Crippen LogP contribution in [-0.4, -0.2) is 74.9 Å². The van der Waals surface area contributed by atoms with Crippen LogP contribution in [0.4, 0.5) is 25.8 Å². The first-order chi connectivity index (χ1) is 17.9. The normalized spacial score (nSPS) is 15.9. The van der Waals surface area contributed by atoms with E-state index in [1.807, 2.05) is 35.7 Å². The lowest BCUT2D eigenvalue weighted by atomic mass is 10.1. The number of imidazole rings is 1. The standard InChI is InChI=1S/C26H29FN6O3S/c1-3-21-24(30(2)25-29-22(16-37-25)17-4-6-18(27)7-5-17)33-15-19(8-9-23(33)28-21)31-11-12-32(26(35)36)20(14-31)10-13-34/h4-9,15-16,20,34H,3,10-14H2,1-2H3,(H,35,36). The van der Waals surface area contributed by atoms with Crippen LogP contribution in [0.2, 0.25) is 0 Å². The van der Waals surface area contributed by atoms with Crippen molar-refractivity contribution in [2.45, 2.75) is 25.8 Å². The molecule has 1 atom stereocenters. The first-order valence-electron chi connectivity index (χ1n) is 12.2. The molecule has 9 nitrogen and oxygen atoms in total. The van der Waals surface area contributed by atoms with Crippen molar-refractivity contribution in [1.82, 2.24) is 19.3 Å². The van der Waals surface area contributed by atoms with Crippen molar-refractivity contribution in [1.29, 1.82) is 0 Å². The van der Waals surface area contributed by atoms with Crippen LogP contribution in [0.3, 0.4) is 0 Å². The zero-order valence-electron chi connectivity index (χ0n) is 20.7. The Kier molecular flexibility index (Phi) is 6.98. The molecular weight excluding hydrogens is 495 g/mol. The number of fused-ring (bicyclic) bond motifs is 1. The number of carbonyl (C=O) groups is 1. The summed E-state index contributed by atoms with van der Waals surface area (Å²) in [6.45, 7) is 3.45. The van der Waals surface area contributed by atoms with E-state index in [1.54, 1.807) is 12.1 Å². The van der Waals surface area contributed by atoms with Crippen LogP contribution in [0.1, 0.15) is 19.0 Å². The highest BCUT2D eigenvalue weighted by molar-refractivity contribution is 7.14. The Balaban J connectivity index is 1.47. The van der Waals surface area contributed by atoms with Gasteiger partial charge >= 0.3 is 6.09 Å². The number of pyridine rings is 1. The predicted molar refractivity (Wildman–Crippen MR) is 143 cm³/mol. The second kappa shape index (κ2) is 10.3. The predicted octanol–water partition coefficient (Wildman–Crippen LogP) is 4.48. The molecule has 0 aliphatic carbocycles. The summed E-state index contributed by atoms with van der Waals surface area (Å²) in [6.07, 6.45) is 2.21. The average Bonchev–Trinajstić information content (AvgIpc) is 3.53. The number of benzene rings is 1. The Labute approximate surface area is 218 Å². The van der Waals surface area contributed by atoms with Gasteiger partial charge in [-0.15, -0.1) is 11.3 Å². The molecule has 1 unspecified atom stereocenters. The maximum Gasteiger partial charge on any atom is 0.407 e. The molecule has 1 amide bonds. The summed E-state index contributed by atoms with van der Waals surface area (Å²) >= 11 is 1.51. The van der Waals surface area contributed by atoms with E-state index in [2.05, 4.69) is 16.2 Å². The topological polar surface area (TPSA) is 97.4 Å². The number of aromatic nitrogens is 3.